The van der Waals surface area contributed by atoms with Crippen molar-refractivity contribution in [1.82, 2.24) is 4.90 Å². The number of aliphatic hydroxyl groups is 1. The van der Waals surface area contributed by atoms with E-state index in [4.69, 9.17) is 0 Å². The molecule has 0 aromatic heterocycles. The molecule has 0 aliphatic carbocycles. The van der Waals surface area contributed by atoms with Gasteiger partial charge in [0.25, 0.3) is 0 Å². The highest BCUT2D eigenvalue weighted by Gasteiger charge is 2.35. The highest BCUT2D eigenvalue weighted by molar-refractivity contribution is 5.78. The van der Waals surface area contributed by atoms with Crippen LogP contribution in [0.1, 0.15) is 25.7 Å². The fraction of sp³-hybridized carbons (Fsp3) is 0.875. The van der Waals surface area contributed by atoms with E-state index < -0.39 is 0 Å². The first-order valence-corrected chi connectivity index (χ1v) is 4.25. The second kappa shape index (κ2) is 2.48. The lowest BCUT2D eigenvalue weighted by Gasteiger charge is -2.32. The van der Waals surface area contributed by atoms with Gasteiger partial charge in [-0.15, -0.1) is 0 Å². The van der Waals surface area contributed by atoms with Gasteiger partial charge in [0.15, 0.2) is 0 Å². The van der Waals surface area contributed by atoms with Crippen LogP contribution in [0.5, 0.6) is 0 Å². The van der Waals surface area contributed by atoms with Gasteiger partial charge >= 0.3 is 0 Å². The molecular weight excluding hydrogens is 142 g/mol. The first kappa shape index (κ1) is 7.10. The number of fused-ring (bicyclic) bond motifs is 1. The minimum Gasteiger partial charge on any atom is -0.391 e. The van der Waals surface area contributed by atoms with Crippen LogP contribution < -0.4 is 0 Å². The van der Waals surface area contributed by atoms with Crippen molar-refractivity contribution in [3.63, 3.8) is 0 Å². The van der Waals surface area contributed by atoms with Crippen LogP contribution in [0.2, 0.25) is 0 Å². The van der Waals surface area contributed by atoms with E-state index in [9.17, 15) is 9.90 Å². The third-order valence-corrected chi connectivity index (χ3v) is 2.69. The van der Waals surface area contributed by atoms with Crippen LogP contribution in [0, 0.1) is 0 Å². The third-order valence-electron chi connectivity index (χ3n) is 2.69. The summed E-state index contributed by atoms with van der Waals surface area (Å²) >= 11 is 0. The van der Waals surface area contributed by atoms with Gasteiger partial charge in [0, 0.05) is 19.0 Å². The number of piperidine rings is 1. The Morgan fingerprint density at radius 2 is 2.18 bits per heavy atom. The molecule has 0 saturated carbocycles. The highest BCUT2D eigenvalue weighted by Crippen LogP contribution is 2.27. The summed E-state index contributed by atoms with van der Waals surface area (Å²) in [7, 11) is 0. The first-order valence-electron chi connectivity index (χ1n) is 4.25. The molecule has 11 heavy (non-hydrogen) atoms. The van der Waals surface area contributed by atoms with Crippen LogP contribution in [0.3, 0.4) is 0 Å². The highest BCUT2D eigenvalue weighted by atomic mass is 16.3. The van der Waals surface area contributed by atoms with Gasteiger partial charge < -0.3 is 10.0 Å². The van der Waals surface area contributed by atoms with Crippen molar-refractivity contribution in [2.75, 3.05) is 6.54 Å². The zero-order valence-electron chi connectivity index (χ0n) is 6.49. The second-order valence-corrected chi connectivity index (χ2v) is 3.47. The molecule has 0 spiro atoms. The van der Waals surface area contributed by atoms with Crippen molar-refractivity contribution >= 4 is 5.91 Å². The Kier molecular flexibility index (Phi) is 1.60. The molecule has 0 aromatic carbocycles. The molecule has 2 atom stereocenters. The van der Waals surface area contributed by atoms with Gasteiger partial charge in [0.1, 0.15) is 0 Å². The number of nitrogens with zero attached hydrogens (tertiary/aromatic N) is 1. The summed E-state index contributed by atoms with van der Waals surface area (Å²) in [6, 6.07) is 0.450. The molecule has 3 heteroatoms. The topological polar surface area (TPSA) is 40.5 Å². The standard InChI is InChI=1S/C8H13NO2/c10-7-3-1-6-2-4-8(11)9(6)5-7/h6-7,10H,1-5H2. The van der Waals surface area contributed by atoms with Gasteiger partial charge in [-0.2, -0.15) is 0 Å². The summed E-state index contributed by atoms with van der Waals surface area (Å²) in [4.78, 5) is 13.0. The van der Waals surface area contributed by atoms with Crippen LogP contribution in [-0.4, -0.2) is 34.6 Å². The molecule has 2 aliphatic heterocycles. The molecule has 2 heterocycles. The molecule has 2 unspecified atom stereocenters. The monoisotopic (exact) mass is 155 g/mol. The summed E-state index contributed by atoms with van der Waals surface area (Å²) in [6.07, 6.45) is 3.29. The predicted molar refractivity (Wildman–Crippen MR) is 40.0 cm³/mol. The maximum absolute atomic E-state index is 11.2. The number of carbonyl (C=O) groups is 1. The third kappa shape index (κ3) is 1.13. The molecule has 0 radical (unpaired) electrons. The summed E-state index contributed by atoms with van der Waals surface area (Å²) in [5.74, 6) is 0.230. The van der Waals surface area contributed by atoms with Crippen molar-refractivity contribution in [2.45, 2.75) is 37.8 Å². The lowest BCUT2D eigenvalue weighted by Crippen LogP contribution is -2.43. The minimum absolute atomic E-state index is 0.230. The van der Waals surface area contributed by atoms with E-state index in [-0.39, 0.29) is 12.0 Å². The van der Waals surface area contributed by atoms with Gasteiger partial charge in [-0.05, 0) is 19.3 Å². The fourth-order valence-electron chi connectivity index (χ4n) is 2.05. The Labute approximate surface area is 66.0 Å². The number of hydrogen-bond acceptors (Lipinski definition) is 2. The molecule has 2 rings (SSSR count). The average Bonchev–Trinajstić information content (AvgIpc) is 2.33. The van der Waals surface area contributed by atoms with Gasteiger partial charge in [-0.3, -0.25) is 4.79 Å². The number of hydrogen-bond donors (Lipinski definition) is 1. The number of aliphatic hydroxyl groups excluding tert-OH is 1. The average molecular weight is 155 g/mol. The zero-order valence-corrected chi connectivity index (χ0v) is 6.49. The molecule has 3 nitrogen and oxygen atoms in total. The molecule has 0 bridgehead atoms. The summed E-state index contributed by atoms with van der Waals surface area (Å²) in [6.45, 7) is 0.573. The Morgan fingerprint density at radius 3 is 3.00 bits per heavy atom. The van der Waals surface area contributed by atoms with Crippen LogP contribution in [-0.2, 0) is 4.79 Å². The van der Waals surface area contributed by atoms with Crippen LogP contribution in [0.15, 0.2) is 0 Å². The molecule has 2 fully saturated rings. The van der Waals surface area contributed by atoms with E-state index in [0.29, 0.717) is 19.0 Å². The van der Waals surface area contributed by atoms with Crippen molar-refractivity contribution < 1.29 is 9.90 Å². The largest absolute Gasteiger partial charge is 0.391 e. The maximum atomic E-state index is 11.2. The molecular formula is C8H13NO2. The van der Waals surface area contributed by atoms with Crippen molar-refractivity contribution in [2.24, 2.45) is 0 Å². The van der Waals surface area contributed by atoms with E-state index in [2.05, 4.69) is 0 Å². The molecule has 62 valence electrons. The molecule has 2 saturated heterocycles. The summed E-state index contributed by atoms with van der Waals surface area (Å²) in [5.41, 5.74) is 0. The van der Waals surface area contributed by atoms with Gasteiger partial charge in [-0.1, -0.05) is 0 Å². The fourth-order valence-corrected chi connectivity index (χ4v) is 2.05. The Hall–Kier alpha value is -0.570. The Bertz CT molecular complexity index is 181. The van der Waals surface area contributed by atoms with E-state index in [1.807, 2.05) is 4.90 Å². The lowest BCUT2D eigenvalue weighted by molar-refractivity contribution is -0.131. The van der Waals surface area contributed by atoms with Crippen molar-refractivity contribution in [3.8, 4) is 0 Å². The SMILES string of the molecule is O=C1CCC2CCC(O)CN12. The Balaban J connectivity index is 2.07. The molecule has 1 N–H and O–H groups in total. The van der Waals surface area contributed by atoms with E-state index in [1.54, 1.807) is 0 Å². The molecule has 0 aromatic rings. The first-order chi connectivity index (χ1) is 5.27. The summed E-state index contributed by atoms with van der Waals surface area (Å²) < 4.78 is 0. The number of carbonyl (C=O) groups excluding carboxylic acids is 1. The summed E-state index contributed by atoms with van der Waals surface area (Å²) in [5, 5.41) is 9.28. The number of amides is 1. The minimum atomic E-state index is -0.270. The van der Waals surface area contributed by atoms with E-state index in [0.717, 1.165) is 19.3 Å². The Morgan fingerprint density at radius 1 is 1.36 bits per heavy atom. The van der Waals surface area contributed by atoms with E-state index in [1.165, 1.54) is 0 Å². The van der Waals surface area contributed by atoms with Crippen LogP contribution in [0.25, 0.3) is 0 Å². The molecule has 1 amide bonds. The van der Waals surface area contributed by atoms with Crippen molar-refractivity contribution in [1.29, 1.82) is 0 Å². The smallest absolute Gasteiger partial charge is 0.222 e. The van der Waals surface area contributed by atoms with Crippen molar-refractivity contribution in [3.05, 3.63) is 0 Å². The molecule has 2 aliphatic rings. The quantitative estimate of drug-likeness (QED) is 0.540. The second-order valence-electron chi connectivity index (χ2n) is 3.47. The van der Waals surface area contributed by atoms with E-state index >= 15 is 0 Å². The van der Waals surface area contributed by atoms with Gasteiger partial charge in [0.2, 0.25) is 5.91 Å². The predicted octanol–water partition coefficient (Wildman–Crippen LogP) is 0.132. The van der Waals surface area contributed by atoms with Gasteiger partial charge in [-0.25, -0.2) is 0 Å². The van der Waals surface area contributed by atoms with Crippen LogP contribution >= 0.6 is 0 Å². The lowest BCUT2D eigenvalue weighted by atomic mass is 10.0. The number of rotatable bonds is 0. The van der Waals surface area contributed by atoms with Gasteiger partial charge in [0.05, 0.1) is 6.10 Å². The maximum Gasteiger partial charge on any atom is 0.222 e. The zero-order chi connectivity index (χ0) is 7.84. The normalized spacial score (nSPS) is 37.5. The van der Waals surface area contributed by atoms with Crippen LogP contribution in [0.4, 0.5) is 0 Å².